The van der Waals surface area contributed by atoms with Gasteiger partial charge < -0.3 is 10.3 Å². The highest BCUT2D eigenvalue weighted by Gasteiger charge is 2.08. The summed E-state index contributed by atoms with van der Waals surface area (Å²) in [6.07, 6.45) is 3.83. The van der Waals surface area contributed by atoms with Crippen LogP contribution in [0.3, 0.4) is 0 Å². The van der Waals surface area contributed by atoms with Crippen LogP contribution in [0.2, 0.25) is 0 Å². The van der Waals surface area contributed by atoms with Gasteiger partial charge in [0.2, 0.25) is 5.91 Å². The van der Waals surface area contributed by atoms with Crippen LogP contribution < -0.4 is 5.32 Å². The van der Waals surface area contributed by atoms with Crippen LogP contribution >= 0.6 is 0 Å². The molecule has 1 aromatic carbocycles. The molecule has 0 aliphatic heterocycles. The summed E-state index contributed by atoms with van der Waals surface area (Å²) in [6, 6.07) is 13.6. The van der Waals surface area contributed by atoms with Gasteiger partial charge in [0.25, 0.3) is 0 Å². The molecule has 128 valence electrons. The number of anilines is 1. The number of aryl methyl sites for hydroxylation is 3. The SMILES string of the molecule is Cc1nc(-c2cccc(NC(=O)CCCc3ccccn3)c2)[nH]c1C. The predicted octanol–water partition coefficient (Wildman–Crippen LogP) is 4.05. The Hall–Kier alpha value is -2.95. The zero-order valence-corrected chi connectivity index (χ0v) is 14.5. The Morgan fingerprint density at radius 2 is 2.04 bits per heavy atom. The Morgan fingerprint density at radius 1 is 1.16 bits per heavy atom. The summed E-state index contributed by atoms with van der Waals surface area (Å²) in [5.41, 5.74) is 4.80. The van der Waals surface area contributed by atoms with E-state index in [4.69, 9.17) is 0 Å². The van der Waals surface area contributed by atoms with Crippen LogP contribution in [0.1, 0.15) is 29.9 Å². The lowest BCUT2D eigenvalue weighted by Gasteiger charge is -2.07. The minimum Gasteiger partial charge on any atom is -0.342 e. The molecule has 0 aliphatic carbocycles. The van der Waals surface area contributed by atoms with Crippen molar-refractivity contribution in [2.75, 3.05) is 5.32 Å². The molecule has 0 aliphatic rings. The van der Waals surface area contributed by atoms with E-state index in [2.05, 4.69) is 20.3 Å². The number of aromatic amines is 1. The molecule has 2 N–H and O–H groups in total. The van der Waals surface area contributed by atoms with E-state index in [0.717, 1.165) is 47.0 Å². The molecule has 0 spiro atoms. The molecule has 5 heteroatoms. The van der Waals surface area contributed by atoms with Crippen LogP contribution in [0, 0.1) is 13.8 Å². The summed E-state index contributed by atoms with van der Waals surface area (Å²) in [5, 5.41) is 2.96. The molecule has 25 heavy (non-hydrogen) atoms. The highest BCUT2D eigenvalue weighted by atomic mass is 16.1. The first-order valence-corrected chi connectivity index (χ1v) is 8.45. The summed E-state index contributed by atoms with van der Waals surface area (Å²) in [7, 11) is 0. The number of carbonyl (C=O) groups excluding carboxylic acids is 1. The fraction of sp³-hybridized carbons (Fsp3) is 0.250. The summed E-state index contributed by atoms with van der Waals surface area (Å²) in [5.74, 6) is 0.834. The molecule has 3 aromatic rings. The monoisotopic (exact) mass is 334 g/mol. The third kappa shape index (κ3) is 4.53. The molecule has 0 saturated heterocycles. The number of rotatable bonds is 6. The topological polar surface area (TPSA) is 70.7 Å². The van der Waals surface area contributed by atoms with E-state index in [1.165, 1.54) is 0 Å². The molecule has 0 fully saturated rings. The van der Waals surface area contributed by atoms with Gasteiger partial charge in [-0.25, -0.2) is 4.98 Å². The second kappa shape index (κ2) is 7.75. The molecule has 5 nitrogen and oxygen atoms in total. The first-order chi connectivity index (χ1) is 12.1. The highest BCUT2D eigenvalue weighted by molar-refractivity contribution is 5.91. The van der Waals surface area contributed by atoms with Crippen molar-refractivity contribution in [1.82, 2.24) is 15.0 Å². The lowest BCUT2D eigenvalue weighted by Crippen LogP contribution is -2.11. The van der Waals surface area contributed by atoms with E-state index in [-0.39, 0.29) is 5.91 Å². The van der Waals surface area contributed by atoms with Crippen LogP contribution in [-0.4, -0.2) is 20.9 Å². The Bertz CT molecular complexity index is 836. The molecule has 0 radical (unpaired) electrons. The lowest BCUT2D eigenvalue weighted by atomic mass is 10.1. The smallest absolute Gasteiger partial charge is 0.224 e. The summed E-state index contributed by atoms with van der Waals surface area (Å²) in [4.78, 5) is 24.2. The molecule has 0 bridgehead atoms. The highest BCUT2D eigenvalue weighted by Crippen LogP contribution is 2.21. The molecule has 0 unspecified atom stereocenters. The number of carbonyl (C=O) groups is 1. The average molecular weight is 334 g/mol. The van der Waals surface area contributed by atoms with Gasteiger partial charge in [0, 0.05) is 35.3 Å². The van der Waals surface area contributed by atoms with E-state index in [1.54, 1.807) is 6.20 Å². The number of benzene rings is 1. The van der Waals surface area contributed by atoms with Crippen molar-refractivity contribution < 1.29 is 4.79 Å². The number of pyridine rings is 1. The van der Waals surface area contributed by atoms with Gasteiger partial charge in [0.05, 0.1) is 5.69 Å². The predicted molar refractivity (Wildman–Crippen MR) is 99.3 cm³/mol. The fourth-order valence-corrected chi connectivity index (χ4v) is 2.63. The number of hydrogen-bond donors (Lipinski definition) is 2. The molecule has 2 heterocycles. The average Bonchev–Trinajstić information content (AvgIpc) is 2.95. The van der Waals surface area contributed by atoms with Gasteiger partial charge in [-0.3, -0.25) is 9.78 Å². The van der Waals surface area contributed by atoms with Crippen LogP contribution in [-0.2, 0) is 11.2 Å². The quantitative estimate of drug-likeness (QED) is 0.714. The second-order valence-corrected chi connectivity index (χ2v) is 6.10. The number of nitrogens with zero attached hydrogens (tertiary/aromatic N) is 2. The maximum atomic E-state index is 12.2. The van der Waals surface area contributed by atoms with Gasteiger partial charge in [-0.2, -0.15) is 0 Å². The largest absolute Gasteiger partial charge is 0.342 e. The number of nitrogens with one attached hydrogen (secondary N) is 2. The van der Waals surface area contributed by atoms with E-state index >= 15 is 0 Å². The van der Waals surface area contributed by atoms with Gasteiger partial charge >= 0.3 is 0 Å². The normalized spacial score (nSPS) is 10.6. The van der Waals surface area contributed by atoms with Gasteiger partial charge in [-0.1, -0.05) is 18.2 Å². The Labute approximate surface area is 147 Å². The Balaban J connectivity index is 1.57. The van der Waals surface area contributed by atoms with Gasteiger partial charge in [0.15, 0.2) is 0 Å². The zero-order chi connectivity index (χ0) is 17.6. The van der Waals surface area contributed by atoms with Crippen molar-refractivity contribution in [3.8, 4) is 11.4 Å². The van der Waals surface area contributed by atoms with Crippen LogP contribution in [0.4, 0.5) is 5.69 Å². The number of amides is 1. The van der Waals surface area contributed by atoms with Crippen molar-refractivity contribution >= 4 is 11.6 Å². The van der Waals surface area contributed by atoms with Gasteiger partial charge in [-0.05, 0) is 51.0 Å². The second-order valence-electron chi connectivity index (χ2n) is 6.10. The molecule has 1 amide bonds. The van der Waals surface area contributed by atoms with Crippen molar-refractivity contribution in [2.45, 2.75) is 33.1 Å². The third-order valence-corrected chi connectivity index (χ3v) is 4.11. The van der Waals surface area contributed by atoms with Crippen LogP contribution in [0.5, 0.6) is 0 Å². The zero-order valence-electron chi connectivity index (χ0n) is 14.5. The maximum absolute atomic E-state index is 12.2. The molecule has 2 aromatic heterocycles. The Morgan fingerprint density at radius 3 is 2.76 bits per heavy atom. The van der Waals surface area contributed by atoms with E-state index in [1.807, 2.05) is 56.3 Å². The fourth-order valence-electron chi connectivity index (χ4n) is 2.63. The van der Waals surface area contributed by atoms with E-state index in [0.29, 0.717) is 6.42 Å². The van der Waals surface area contributed by atoms with Crippen LogP contribution in [0.25, 0.3) is 11.4 Å². The molecular formula is C20H22N4O. The van der Waals surface area contributed by atoms with Crippen molar-refractivity contribution in [3.63, 3.8) is 0 Å². The van der Waals surface area contributed by atoms with Crippen molar-refractivity contribution in [1.29, 1.82) is 0 Å². The van der Waals surface area contributed by atoms with Gasteiger partial charge in [-0.15, -0.1) is 0 Å². The Kier molecular flexibility index (Phi) is 5.23. The van der Waals surface area contributed by atoms with Gasteiger partial charge in [0.1, 0.15) is 5.82 Å². The minimum absolute atomic E-state index is 0.0138. The standard InChI is InChI=1S/C20H22N4O/c1-14-15(2)23-20(22-14)16-7-5-10-18(13-16)24-19(25)11-6-9-17-8-3-4-12-21-17/h3-5,7-8,10,12-13H,6,9,11H2,1-2H3,(H,22,23)(H,24,25). The molecule has 0 atom stereocenters. The minimum atomic E-state index is 0.0138. The number of H-pyrrole nitrogens is 1. The maximum Gasteiger partial charge on any atom is 0.224 e. The molecular weight excluding hydrogens is 312 g/mol. The summed E-state index contributed by atoms with van der Waals surface area (Å²) in [6.45, 7) is 3.97. The lowest BCUT2D eigenvalue weighted by molar-refractivity contribution is -0.116. The third-order valence-electron chi connectivity index (χ3n) is 4.11. The van der Waals surface area contributed by atoms with Crippen LogP contribution in [0.15, 0.2) is 48.7 Å². The summed E-state index contributed by atoms with van der Waals surface area (Å²) < 4.78 is 0. The number of aromatic nitrogens is 3. The number of imidazole rings is 1. The molecule has 0 saturated carbocycles. The van der Waals surface area contributed by atoms with E-state index in [9.17, 15) is 4.79 Å². The first-order valence-electron chi connectivity index (χ1n) is 8.45. The van der Waals surface area contributed by atoms with E-state index < -0.39 is 0 Å². The number of hydrogen-bond acceptors (Lipinski definition) is 3. The first kappa shape index (κ1) is 16.9. The van der Waals surface area contributed by atoms with Crippen molar-refractivity contribution in [2.24, 2.45) is 0 Å². The molecule has 3 rings (SSSR count). The van der Waals surface area contributed by atoms with Crippen molar-refractivity contribution in [3.05, 3.63) is 65.7 Å². The summed E-state index contributed by atoms with van der Waals surface area (Å²) >= 11 is 0.